The lowest BCUT2D eigenvalue weighted by Gasteiger charge is -2.04. The summed E-state index contributed by atoms with van der Waals surface area (Å²) in [6, 6.07) is 0. The quantitative estimate of drug-likeness (QED) is 0.496. The highest BCUT2D eigenvalue weighted by Gasteiger charge is 2.11. The first-order valence-electron chi connectivity index (χ1n) is 3.47. The van der Waals surface area contributed by atoms with Crippen molar-refractivity contribution in [2.24, 2.45) is 0 Å². The molecule has 0 fully saturated rings. The monoisotopic (exact) mass is 212 g/mol. The molecule has 0 spiro atoms. The first-order chi connectivity index (χ1) is 5.98. The molecule has 0 heterocycles. The zero-order valence-corrected chi connectivity index (χ0v) is 7.93. The zero-order valence-electron chi connectivity index (χ0n) is 7.11. The lowest BCUT2D eigenvalue weighted by Crippen LogP contribution is -2.40. The second kappa shape index (κ2) is 5.73. The van der Waals surface area contributed by atoms with Crippen LogP contribution in [0.5, 0.6) is 0 Å². The van der Waals surface area contributed by atoms with E-state index in [2.05, 4.69) is 4.74 Å². The predicted molar refractivity (Wildman–Crippen MR) is 44.6 cm³/mol. The minimum Gasteiger partial charge on any atom is -0.464 e. The molecule has 0 aromatic carbocycles. The highest BCUT2D eigenvalue weighted by atomic mass is 32.2. The van der Waals surface area contributed by atoms with E-state index in [1.54, 1.807) is 0 Å². The van der Waals surface area contributed by atoms with E-state index in [0.29, 0.717) is 13.0 Å². The van der Waals surface area contributed by atoms with Crippen molar-refractivity contribution < 1.29 is 23.1 Å². The van der Waals surface area contributed by atoms with Crippen LogP contribution in [-0.4, -0.2) is 39.9 Å². The van der Waals surface area contributed by atoms with Crippen molar-refractivity contribution >= 4 is 16.3 Å². The Morgan fingerprint density at radius 1 is 1.54 bits per heavy atom. The van der Waals surface area contributed by atoms with Gasteiger partial charge in [-0.2, -0.15) is 13.1 Å². The molecular weight excluding hydrogens is 200 g/mol. The second-order valence-electron chi connectivity index (χ2n) is 2.15. The highest BCUT2D eigenvalue weighted by molar-refractivity contribution is 7.88. The van der Waals surface area contributed by atoms with Crippen LogP contribution < -0.4 is 9.44 Å². The summed E-state index contributed by atoms with van der Waals surface area (Å²) < 4.78 is 29.5. The average molecular weight is 212 g/mol. The molecule has 13 heavy (non-hydrogen) atoms. The molecule has 0 aliphatic rings. The number of methoxy groups -OCH3 is 1. The lowest BCUT2D eigenvalue weighted by atomic mass is 10.5. The third kappa shape index (κ3) is 7.50. The number of hydrogen-bond donors (Lipinski definition) is 3. The average Bonchev–Trinajstić information content (AvgIpc) is 1.95. The van der Waals surface area contributed by atoms with Crippen LogP contribution in [0.25, 0.3) is 0 Å². The largest absolute Gasteiger partial charge is 0.464 e. The van der Waals surface area contributed by atoms with Crippen LogP contribution >= 0.6 is 0 Å². The van der Waals surface area contributed by atoms with E-state index in [9.17, 15) is 13.2 Å². The third-order valence-corrected chi connectivity index (χ3v) is 2.07. The van der Waals surface area contributed by atoms with Gasteiger partial charge in [0.25, 0.3) is 0 Å². The van der Waals surface area contributed by atoms with Gasteiger partial charge in [0.15, 0.2) is 0 Å². The van der Waals surface area contributed by atoms with Crippen LogP contribution in [0.4, 0.5) is 4.79 Å². The van der Waals surface area contributed by atoms with Crippen LogP contribution in [0, 0.1) is 0 Å². The standard InChI is InChI=1S/C5H12N2O5S/c1-12-4-2-3-6-13(10,11)7-5(8)9/h6-7H,2-4H2,1H3,(H,8,9). The summed E-state index contributed by atoms with van der Waals surface area (Å²) in [5.41, 5.74) is 0. The van der Waals surface area contributed by atoms with E-state index in [4.69, 9.17) is 5.11 Å². The van der Waals surface area contributed by atoms with Crippen LogP contribution in [-0.2, 0) is 14.9 Å². The molecule has 78 valence electrons. The maximum Gasteiger partial charge on any atom is 0.419 e. The van der Waals surface area contributed by atoms with Crippen molar-refractivity contribution in [2.45, 2.75) is 6.42 Å². The van der Waals surface area contributed by atoms with E-state index in [0.717, 1.165) is 0 Å². The fraction of sp³-hybridized carbons (Fsp3) is 0.800. The zero-order chi connectivity index (χ0) is 10.3. The molecule has 0 aliphatic carbocycles. The molecule has 0 unspecified atom stereocenters. The lowest BCUT2D eigenvalue weighted by molar-refractivity contribution is 0.195. The fourth-order valence-electron chi connectivity index (χ4n) is 0.574. The van der Waals surface area contributed by atoms with E-state index in [1.165, 1.54) is 11.8 Å². The Labute approximate surface area is 76.3 Å². The van der Waals surface area contributed by atoms with Crippen LogP contribution in [0.2, 0.25) is 0 Å². The van der Waals surface area contributed by atoms with Crippen molar-refractivity contribution in [3.05, 3.63) is 0 Å². The van der Waals surface area contributed by atoms with E-state index >= 15 is 0 Å². The fourth-order valence-corrected chi connectivity index (χ4v) is 1.29. The molecule has 0 aromatic rings. The van der Waals surface area contributed by atoms with Crippen LogP contribution in [0.3, 0.4) is 0 Å². The topological polar surface area (TPSA) is 105 Å². The second-order valence-corrected chi connectivity index (χ2v) is 3.65. The van der Waals surface area contributed by atoms with E-state index in [1.807, 2.05) is 4.72 Å². The Bertz CT molecular complexity index is 250. The number of amides is 1. The molecule has 0 aliphatic heterocycles. The Morgan fingerprint density at radius 2 is 2.15 bits per heavy atom. The van der Waals surface area contributed by atoms with Gasteiger partial charge in [0.05, 0.1) is 0 Å². The van der Waals surface area contributed by atoms with E-state index in [-0.39, 0.29) is 6.54 Å². The van der Waals surface area contributed by atoms with Crippen molar-refractivity contribution in [1.29, 1.82) is 0 Å². The molecule has 0 aromatic heterocycles. The Morgan fingerprint density at radius 3 is 2.62 bits per heavy atom. The number of carbonyl (C=O) groups is 1. The molecule has 3 N–H and O–H groups in total. The number of rotatable bonds is 6. The summed E-state index contributed by atoms with van der Waals surface area (Å²) in [4.78, 5) is 9.95. The van der Waals surface area contributed by atoms with Gasteiger partial charge in [-0.15, -0.1) is 0 Å². The normalized spacial score (nSPS) is 11.2. The van der Waals surface area contributed by atoms with Gasteiger partial charge in [0, 0.05) is 20.3 Å². The first kappa shape index (κ1) is 12.1. The van der Waals surface area contributed by atoms with Crippen molar-refractivity contribution in [1.82, 2.24) is 9.44 Å². The summed E-state index contributed by atoms with van der Waals surface area (Å²) in [5, 5.41) is 8.10. The van der Waals surface area contributed by atoms with Crippen molar-refractivity contribution in [2.75, 3.05) is 20.3 Å². The van der Waals surface area contributed by atoms with Crippen LogP contribution in [0.15, 0.2) is 0 Å². The maximum absolute atomic E-state index is 10.8. The molecule has 7 nitrogen and oxygen atoms in total. The van der Waals surface area contributed by atoms with Gasteiger partial charge in [-0.3, -0.25) is 0 Å². The number of carboxylic acid groups (broad SMARTS) is 1. The third-order valence-electron chi connectivity index (χ3n) is 1.04. The molecule has 0 atom stereocenters. The summed E-state index contributed by atoms with van der Waals surface area (Å²) in [6.45, 7) is 0.548. The van der Waals surface area contributed by atoms with Gasteiger partial charge in [-0.05, 0) is 6.42 Å². The first-order valence-corrected chi connectivity index (χ1v) is 4.95. The Hall–Kier alpha value is -0.860. The Balaban J connectivity index is 3.71. The maximum atomic E-state index is 10.8. The number of ether oxygens (including phenoxy) is 1. The van der Waals surface area contributed by atoms with Crippen molar-refractivity contribution in [3.8, 4) is 0 Å². The molecule has 0 saturated carbocycles. The SMILES string of the molecule is COCCCNS(=O)(=O)NC(=O)O. The molecule has 0 bridgehead atoms. The van der Waals surface area contributed by atoms with Gasteiger partial charge >= 0.3 is 16.3 Å². The summed E-state index contributed by atoms with van der Waals surface area (Å²) >= 11 is 0. The minimum atomic E-state index is -3.92. The van der Waals surface area contributed by atoms with Gasteiger partial charge in [0.1, 0.15) is 0 Å². The molecule has 1 amide bonds. The van der Waals surface area contributed by atoms with Gasteiger partial charge in [-0.25, -0.2) is 9.52 Å². The smallest absolute Gasteiger partial charge is 0.419 e. The minimum absolute atomic E-state index is 0.135. The van der Waals surface area contributed by atoms with E-state index < -0.39 is 16.3 Å². The molecule has 0 rings (SSSR count). The van der Waals surface area contributed by atoms with Gasteiger partial charge in [0.2, 0.25) is 0 Å². The molecule has 0 saturated heterocycles. The summed E-state index contributed by atoms with van der Waals surface area (Å²) in [6.07, 6.45) is -1.13. The number of hydrogen-bond acceptors (Lipinski definition) is 4. The summed E-state index contributed by atoms with van der Waals surface area (Å²) in [7, 11) is -2.43. The van der Waals surface area contributed by atoms with Gasteiger partial charge in [-0.1, -0.05) is 0 Å². The summed E-state index contributed by atoms with van der Waals surface area (Å²) in [5.74, 6) is 0. The van der Waals surface area contributed by atoms with Crippen molar-refractivity contribution in [3.63, 3.8) is 0 Å². The number of nitrogens with one attached hydrogen (secondary N) is 2. The molecule has 0 radical (unpaired) electrons. The van der Waals surface area contributed by atoms with Crippen LogP contribution in [0.1, 0.15) is 6.42 Å². The Kier molecular flexibility index (Phi) is 5.35. The molecule has 8 heteroatoms. The predicted octanol–water partition coefficient (Wildman–Crippen LogP) is -0.875. The van der Waals surface area contributed by atoms with Gasteiger partial charge < -0.3 is 9.84 Å². The highest BCUT2D eigenvalue weighted by Crippen LogP contribution is 1.81. The molecular formula is C5H12N2O5S.